The number of carbonyl (C=O) groups is 2. The highest BCUT2D eigenvalue weighted by Gasteiger charge is 2.44. The second-order valence-electron chi connectivity index (χ2n) is 7.65. The minimum Gasteiger partial charge on any atom is -0.326 e. The van der Waals surface area contributed by atoms with Crippen LogP contribution in [-0.4, -0.2) is 17.9 Å². The van der Waals surface area contributed by atoms with Crippen molar-refractivity contribution < 1.29 is 22.8 Å². The third-order valence-electron chi connectivity index (χ3n) is 5.70. The van der Waals surface area contributed by atoms with Gasteiger partial charge in [0.15, 0.2) is 0 Å². The quantitative estimate of drug-likeness (QED) is 0.799. The standard InChI is InChI=1S/C22H21F3N2O2/c23-22(24,25)18-13-16(26-20(28)12-14-4-2-1-3-5-14)8-11-19(18)27-17-9-6-15(7-10-17)21(27)29/h1-5,8,11,13,15,17H,6-7,9-10,12H2,(H,26,28). The van der Waals surface area contributed by atoms with E-state index in [1.165, 1.54) is 17.0 Å². The van der Waals surface area contributed by atoms with Gasteiger partial charge in [-0.1, -0.05) is 30.3 Å². The number of alkyl halides is 3. The monoisotopic (exact) mass is 402 g/mol. The van der Waals surface area contributed by atoms with E-state index >= 15 is 0 Å². The molecule has 5 rings (SSSR count). The molecule has 0 radical (unpaired) electrons. The Morgan fingerprint density at radius 1 is 1.03 bits per heavy atom. The van der Waals surface area contributed by atoms with E-state index in [2.05, 4.69) is 5.32 Å². The maximum atomic E-state index is 13.8. The Morgan fingerprint density at radius 3 is 2.34 bits per heavy atom. The second kappa shape index (κ2) is 7.54. The molecule has 2 heterocycles. The van der Waals surface area contributed by atoms with Crippen LogP contribution in [0.1, 0.15) is 36.8 Å². The summed E-state index contributed by atoms with van der Waals surface area (Å²) in [5, 5.41) is 2.54. The highest BCUT2D eigenvalue weighted by Crippen LogP contribution is 2.44. The van der Waals surface area contributed by atoms with Crippen molar-refractivity contribution in [2.75, 3.05) is 10.2 Å². The molecule has 0 aromatic heterocycles. The van der Waals surface area contributed by atoms with E-state index in [9.17, 15) is 22.8 Å². The van der Waals surface area contributed by atoms with E-state index in [4.69, 9.17) is 0 Å². The van der Waals surface area contributed by atoms with Crippen LogP contribution in [0, 0.1) is 5.92 Å². The van der Waals surface area contributed by atoms with Crippen molar-refractivity contribution in [2.45, 2.75) is 44.3 Å². The molecule has 2 aromatic rings. The Hall–Kier alpha value is -2.83. The second-order valence-corrected chi connectivity index (χ2v) is 7.65. The van der Waals surface area contributed by atoms with Gasteiger partial charge in [0, 0.05) is 17.6 Å². The lowest BCUT2D eigenvalue weighted by atomic mass is 9.78. The molecular weight excluding hydrogens is 381 g/mol. The number of fused-ring (bicyclic) bond motifs is 3. The molecule has 0 spiro atoms. The van der Waals surface area contributed by atoms with Gasteiger partial charge in [-0.2, -0.15) is 13.2 Å². The van der Waals surface area contributed by atoms with Crippen LogP contribution in [0.25, 0.3) is 0 Å². The Balaban J connectivity index is 1.60. The molecule has 1 N–H and O–H groups in total. The van der Waals surface area contributed by atoms with Crippen LogP contribution in [0.3, 0.4) is 0 Å². The largest absolute Gasteiger partial charge is 0.418 e. The lowest BCUT2D eigenvalue weighted by Gasteiger charge is -2.45. The van der Waals surface area contributed by atoms with Gasteiger partial charge in [-0.25, -0.2) is 0 Å². The number of nitrogens with one attached hydrogen (secondary N) is 1. The van der Waals surface area contributed by atoms with Crippen LogP contribution in [-0.2, 0) is 22.2 Å². The smallest absolute Gasteiger partial charge is 0.326 e. The highest BCUT2D eigenvalue weighted by molar-refractivity contribution is 5.99. The maximum Gasteiger partial charge on any atom is 0.418 e. The molecule has 0 atom stereocenters. The fourth-order valence-electron chi connectivity index (χ4n) is 4.31. The average Bonchev–Trinajstić information content (AvgIpc) is 2.69. The van der Waals surface area contributed by atoms with Crippen molar-refractivity contribution in [2.24, 2.45) is 5.92 Å². The molecule has 2 amide bonds. The van der Waals surface area contributed by atoms with Crippen molar-refractivity contribution in [1.82, 2.24) is 0 Å². The Bertz CT molecular complexity index is 919. The summed E-state index contributed by atoms with van der Waals surface area (Å²) in [4.78, 5) is 26.2. The fraction of sp³-hybridized carbons (Fsp3) is 0.364. The van der Waals surface area contributed by atoms with Crippen LogP contribution < -0.4 is 10.2 Å². The van der Waals surface area contributed by atoms with Crippen molar-refractivity contribution in [3.8, 4) is 0 Å². The normalized spacial score (nSPS) is 21.3. The van der Waals surface area contributed by atoms with Crippen LogP contribution >= 0.6 is 0 Å². The third kappa shape index (κ3) is 3.99. The number of piperidine rings is 2. The predicted molar refractivity (Wildman–Crippen MR) is 103 cm³/mol. The topological polar surface area (TPSA) is 49.4 Å². The van der Waals surface area contributed by atoms with Crippen molar-refractivity contribution in [1.29, 1.82) is 0 Å². The van der Waals surface area contributed by atoms with E-state index in [1.807, 2.05) is 6.07 Å². The summed E-state index contributed by atoms with van der Waals surface area (Å²) in [6.07, 6.45) is -1.62. The van der Waals surface area contributed by atoms with Crippen LogP contribution in [0.5, 0.6) is 0 Å². The van der Waals surface area contributed by atoms with E-state index < -0.39 is 17.6 Å². The first-order valence-electron chi connectivity index (χ1n) is 9.71. The van der Waals surface area contributed by atoms with Gasteiger partial charge in [-0.15, -0.1) is 0 Å². The molecule has 2 bridgehead atoms. The van der Waals surface area contributed by atoms with Gasteiger partial charge in [0.25, 0.3) is 0 Å². The predicted octanol–water partition coefficient (Wildman–Crippen LogP) is 4.79. The summed E-state index contributed by atoms with van der Waals surface area (Å²) in [5.41, 5.74) is -0.168. The molecule has 4 nitrogen and oxygen atoms in total. The number of anilines is 2. The Kier molecular flexibility index (Phi) is 5.06. The number of hydrogen-bond donors (Lipinski definition) is 1. The number of amides is 2. The van der Waals surface area contributed by atoms with Crippen molar-refractivity contribution in [3.05, 3.63) is 59.7 Å². The van der Waals surface area contributed by atoms with Crippen LogP contribution in [0.15, 0.2) is 48.5 Å². The van der Waals surface area contributed by atoms with Gasteiger partial charge >= 0.3 is 6.18 Å². The number of hydrogen-bond acceptors (Lipinski definition) is 2. The van der Waals surface area contributed by atoms with Gasteiger partial charge in [0.05, 0.1) is 17.7 Å². The molecule has 2 aliphatic heterocycles. The Morgan fingerprint density at radius 2 is 1.72 bits per heavy atom. The molecule has 29 heavy (non-hydrogen) atoms. The molecule has 1 aliphatic carbocycles. The molecular formula is C22H21F3N2O2. The van der Waals surface area contributed by atoms with E-state index in [-0.39, 0.29) is 35.7 Å². The molecule has 152 valence electrons. The summed E-state index contributed by atoms with van der Waals surface area (Å²) in [7, 11) is 0. The fourth-order valence-corrected chi connectivity index (χ4v) is 4.31. The number of benzene rings is 2. The first-order chi connectivity index (χ1) is 13.8. The minimum absolute atomic E-state index is 0.0663. The molecule has 3 fully saturated rings. The van der Waals surface area contributed by atoms with Crippen LogP contribution in [0.4, 0.5) is 24.5 Å². The zero-order chi connectivity index (χ0) is 20.6. The first-order valence-corrected chi connectivity index (χ1v) is 9.71. The summed E-state index contributed by atoms with van der Waals surface area (Å²) in [6, 6.07) is 12.4. The van der Waals surface area contributed by atoms with Crippen molar-refractivity contribution >= 4 is 23.2 Å². The summed E-state index contributed by atoms with van der Waals surface area (Å²) < 4.78 is 41.4. The van der Waals surface area contributed by atoms with Gasteiger partial charge in [0.1, 0.15) is 0 Å². The molecule has 3 aliphatic rings. The van der Waals surface area contributed by atoms with E-state index in [0.29, 0.717) is 0 Å². The summed E-state index contributed by atoms with van der Waals surface area (Å²) in [6.45, 7) is 0. The summed E-state index contributed by atoms with van der Waals surface area (Å²) >= 11 is 0. The van der Waals surface area contributed by atoms with Gasteiger partial charge in [-0.05, 0) is 49.4 Å². The van der Waals surface area contributed by atoms with Gasteiger partial charge in [-0.3, -0.25) is 9.59 Å². The number of rotatable bonds is 4. The minimum atomic E-state index is -4.63. The molecule has 2 saturated heterocycles. The first kappa shape index (κ1) is 19.5. The van der Waals surface area contributed by atoms with Gasteiger partial charge < -0.3 is 10.2 Å². The number of halogens is 3. The zero-order valence-electron chi connectivity index (χ0n) is 15.7. The molecule has 0 unspecified atom stereocenters. The molecule has 7 heteroatoms. The third-order valence-corrected chi connectivity index (χ3v) is 5.70. The SMILES string of the molecule is O=C(Cc1ccccc1)Nc1ccc(N2C(=O)C3CCC2CC3)c(C(F)(F)F)c1. The highest BCUT2D eigenvalue weighted by atomic mass is 19.4. The number of nitrogens with zero attached hydrogens (tertiary/aromatic N) is 1. The molecule has 2 aromatic carbocycles. The number of carbonyl (C=O) groups excluding carboxylic acids is 2. The Labute approximate surface area is 166 Å². The van der Waals surface area contributed by atoms with E-state index in [1.54, 1.807) is 24.3 Å². The van der Waals surface area contributed by atoms with Crippen molar-refractivity contribution in [3.63, 3.8) is 0 Å². The lowest BCUT2D eigenvalue weighted by molar-refractivity contribution is -0.137. The zero-order valence-corrected chi connectivity index (χ0v) is 15.7. The van der Waals surface area contributed by atoms with E-state index in [0.717, 1.165) is 37.3 Å². The lowest BCUT2D eigenvalue weighted by Crippen LogP contribution is -2.53. The summed E-state index contributed by atoms with van der Waals surface area (Å²) in [5.74, 6) is -0.810. The maximum absolute atomic E-state index is 13.8. The van der Waals surface area contributed by atoms with Crippen LogP contribution in [0.2, 0.25) is 0 Å². The van der Waals surface area contributed by atoms with Gasteiger partial charge in [0.2, 0.25) is 11.8 Å². The average molecular weight is 402 g/mol. The molecule has 1 saturated carbocycles.